The van der Waals surface area contributed by atoms with E-state index in [9.17, 15) is 21.6 Å². The summed E-state index contributed by atoms with van der Waals surface area (Å²) in [6.07, 6.45) is -2.72. The van der Waals surface area contributed by atoms with Crippen LogP contribution in [-0.2, 0) is 17.1 Å². The van der Waals surface area contributed by atoms with Crippen LogP contribution < -0.4 is 0 Å². The van der Waals surface area contributed by atoms with E-state index in [1.165, 1.54) is 16.9 Å². The maximum Gasteiger partial charge on any atom is 0.402 e. The van der Waals surface area contributed by atoms with Crippen LogP contribution >= 0.6 is 0 Å². The van der Waals surface area contributed by atoms with Gasteiger partial charge in [0.05, 0.1) is 12.3 Å². The highest BCUT2D eigenvalue weighted by Crippen LogP contribution is 2.24. The number of aromatic nitrogens is 3. The van der Waals surface area contributed by atoms with Crippen molar-refractivity contribution in [1.82, 2.24) is 19.1 Å². The minimum Gasteiger partial charge on any atom is -0.250 e. The van der Waals surface area contributed by atoms with Gasteiger partial charge in [-0.05, 0) is 6.07 Å². The van der Waals surface area contributed by atoms with E-state index in [2.05, 4.69) is 10.1 Å². The van der Waals surface area contributed by atoms with Gasteiger partial charge in [0.25, 0.3) is 0 Å². The SMILES string of the molecule is Cn1ncc2cc(S(=O)(=O)N(CCC#N)CC(F)(F)F)cnc21. The van der Waals surface area contributed by atoms with Gasteiger partial charge in [0.1, 0.15) is 11.4 Å². The molecule has 0 fully saturated rings. The molecule has 0 saturated carbocycles. The quantitative estimate of drug-likeness (QED) is 0.816. The molecule has 0 amide bonds. The molecule has 0 N–H and O–H groups in total. The number of sulfonamides is 1. The van der Waals surface area contributed by atoms with Crippen molar-refractivity contribution in [3.8, 4) is 6.07 Å². The monoisotopic (exact) mass is 347 g/mol. The Balaban J connectivity index is 2.43. The first-order valence-corrected chi connectivity index (χ1v) is 7.81. The van der Waals surface area contributed by atoms with Crippen LogP contribution in [-0.4, -0.2) is 46.8 Å². The van der Waals surface area contributed by atoms with Crippen LogP contribution in [0.4, 0.5) is 13.2 Å². The fourth-order valence-corrected chi connectivity index (χ4v) is 3.38. The Kier molecular flexibility index (Phi) is 4.58. The first-order chi connectivity index (χ1) is 10.6. The topological polar surface area (TPSA) is 91.9 Å². The van der Waals surface area contributed by atoms with Gasteiger partial charge < -0.3 is 0 Å². The second-order valence-corrected chi connectivity index (χ2v) is 6.65. The Hall–Kier alpha value is -2.19. The summed E-state index contributed by atoms with van der Waals surface area (Å²) in [7, 11) is -2.82. The van der Waals surface area contributed by atoms with Crippen molar-refractivity contribution < 1.29 is 21.6 Å². The van der Waals surface area contributed by atoms with E-state index >= 15 is 0 Å². The van der Waals surface area contributed by atoms with Gasteiger partial charge in [0.2, 0.25) is 10.0 Å². The van der Waals surface area contributed by atoms with Crippen molar-refractivity contribution in [2.45, 2.75) is 17.5 Å². The summed E-state index contributed by atoms with van der Waals surface area (Å²) in [5.74, 6) is 0. The molecular formula is C12H12F3N5O2S. The van der Waals surface area contributed by atoms with E-state index < -0.39 is 29.3 Å². The highest BCUT2D eigenvalue weighted by Gasteiger charge is 2.37. The summed E-state index contributed by atoms with van der Waals surface area (Å²) in [4.78, 5) is 3.54. The molecule has 124 valence electrons. The summed E-state index contributed by atoms with van der Waals surface area (Å²) in [5, 5.41) is 12.8. The van der Waals surface area contributed by atoms with Crippen LogP contribution in [0.2, 0.25) is 0 Å². The first kappa shape index (κ1) is 17.2. The summed E-state index contributed by atoms with van der Waals surface area (Å²) in [6, 6.07) is 2.85. The third kappa shape index (κ3) is 3.77. The van der Waals surface area contributed by atoms with Crippen LogP contribution in [0.1, 0.15) is 6.42 Å². The molecule has 11 heteroatoms. The predicted octanol–water partition coefficient (Wildman–Crippen LogP) is 1.43. The largest absolute Gasteiger partial charge is 0.402 e. The summed E-state index contributed by atoms with van der Waals surface area (Å²) < 4.78 is 64.3. The standard InChI is InChI=1S/C12H12F3N5O2S/c1-19-11-9(6-18-19)5-10(7-17-11)23(21,22)20(4-2-3-16)8-12(13,14)15/h5-7H,2,4,8H2,1H3. The molecule has 2 aromatic rings. The number of pyridine rings is 1. The molecule has 0 aromatic carbocycles. The Labute approximate surface area is 130 Å². The highest BCUT2D eigenvalue weighted by molar-refractivity contribution is 7.89. The second-order valence-electron chi connectivity index (χ2n) is 4.71. The lowest BCUT2D eigenvalue weighted by molar-refractivity contribution is -0.136. The lowest BCUT2D eigenvalue weighted by Crippen LogP contribution is -2.39. The zero-order chi connectivity index (χ0) is 17.3. The second kappa shape index (κ2) is 6.13. The molecule has 0 bridgehead atoms. The number of hydrogen-bond acceptors (Lipinski definition) is 5. The van der Waals surface area contributed by atoms with Crippen molar-refractivity contribution in [2.75, 3.05) is 13.1 Å². The molecule has 0 atom stereocenters. The molecular weight excluding hydrogens is 335 g/mol. The number of nitriles is 1. The van der Waals surface area contributed by atoms with Gasteiger partial charge in [-0.2, -0.15) is 27.8 Å². The van der Waals surface area contributed by atoms with Crippen LogP contribution in [0, 0.1) is 11.3 Å². The van der Waals surface area contributed by atoms with Crippen molar-refractivity contribution in [3.63, 3.8) is 0 Å². The van der Waals surface area contributed by atoms with E-state index in [1.54, 1.807) is 13.1 Å². The number of rotatable bonds is 5. The molecule has 2 heterocycles. The van der Waals surface area contributed by atoms with Gasteiger partial charge in [-0.25, -0.2) is 13.4 Å². The fraction of sp³-hybridized carbons (Fsp3) is 0.417. The van der Waals surface area contributed by atoms with Crippen LogP contribution in [0.15, 0.2) is 23.4 Å². The lowest BCUT2D eigenvalue weighted by atomic mass is 10.4. The Morgan fingerprint density at radius 1 is 1.39 bits per heavy atom. The number of hydrogen-bond donors (Lipinski definition) is 0. The van der Waals surface area contributed by atoms with Crippen molar-refractivity contribution in [1.29, 1.82) is 5.26 Å². The zero-order valence-corrected chi connectivity index (χ0v) is 12.8. The average Bonchev–Trinajstić information content (AvgIpc) is 2.83. The van der Waals surface area contributed by atoms with Crippen molar-refractivity contribution in [2.24, 2.45) is 7.05 Å². The van der Waals surface area contributed by atoms with E-state index in [-0.39, 0.29) is 15.6 Å². The van der Waals surface area contributed by atoms with Gasteiger partial charge in [-0.3, -0.25) is 4.68 Å². The Morgan fingerprint density at radius 3 is 2.70 bits per heavy atom. The fourth-order valence-electron chi connectivity index (χ4n) is 1.97. The third-order valence-corrected chi connectivity index (χ3v) is 4.82. The zero-order valence-electron chi connectivity index (χ0n) is 11.9. The van der Waals surface area contributed by atoms with Gasteiger partial charge in [0, 0.05) is 31.6 Å². The first-order valence-electron chi connectivity index (χ1n) is 6.37. The molecule has 23 heavy (non-hydrogen) atoms. The molecule has 0 radical (unpaired) electrons. The molecule has 0 unspecified atom stereocenters. The van der Waals surface area contributed by atoms with Crippen LogP contribution in [0.5, 0.6) is 0 Å². The molecule has 0 aliphatic rings. The molecule has 0 aliphatic carbocycles. The summed E-state index contributed by atoms with van der Waals surface area (Å²) in [5.41, 5.74) is 0.406. The number of fused-ring (bicyclic) bond motifs is 1. The van der Waals surface area contributed by atoms with Crippen LogP contribution in [0.25, 0.3) is 11.0 Å². The number of aryl methyl sites for hydroxylation is 1. The number of alkyl halides is 3. The number of halogens is 3. The Bertz CT molecular complexity index is 854. The minimum atomic E-state index is -4.71. The molecule has 0 spiro atoms. The summed E-state index contributed by atoms with van der Waals surface area (Å²) >= 11 is 0. The van der Waals surface area contributed by atoms with E-state index in [0.717, 1.165) is 6.20 Å². The smallest absolute Gasteiger partial charge is 0.250 e. The predicted molar refractivity (Wildman–Crippen MR) is 73.6 cm³/mol. The highest BCUT2D eigenvalue weighted by atomic mass is 32.2. The Morgan fingerprint density at radius 2 is 2.09 bits per heavy atom. The van der Waals surface area contributed by atoms with Gasteiger partial charge in [-0.15, -0.1) is 0 Å². The summed E-state index contributed by atoms with van der Waals surface area (Å²) in [6.45, 7) is -2.22. The van der Waals surface area contributed by atoms with E-state index in [0.29, 0.717) is 11.0 Å². The molecule has 2 aromatic heterocycles. The van der Waals surface area contributed by atoms with Crippen LogP contribution in [0.3, 0.4) is 0 Å². The molecule has 0 saturated heterocycles. The maximum absolute atomic E-state index is 12.6. The lowest BCUT2D eigenvalue weighted by Gasteiger charge is -2.22. The van der Waals surface area contributed by atoms with Gasteiger partial charge in [-0.1, -0.05) is 0 Å². The maximum atomic E-state index is 12.6. The average molecular weight is 347 g/mol. The normalized spacial score (nSPS) is 12.7. The van der Waals surface area contributed by atoms with Crippen molar-refractivity contribution in [3.05, 3.63) is 18.5 Å². The molecule has 7 nitrogen and oxygen atoms in total. The van der Waals surface area contributed by atoms with E-state index in [4.69, 9.17) is 5.26 Å². The van der Waals surface area contributed by atoms with Gasteiger partial charge in [0.15, 0.2) is 5.65 Å². The van der Waals surface area contributed by atoms with Gasteiger partial charge >= 0.3 is 6.18 Å². The van der Waals surface area contributed by atoms with Crippen molar-refractivity contribution >= 4 is 21.1 Å². The molecule has 0 aliphatic heterocycles. The minimum absolute atomic E-state index is 0.232. The van der Waals surface area contributed by atoms with E-state index in [1.807, 2.05) is 0 Å². The number of nitrogens with zero attached hydrogens (tertiary/aromatic N) is 5. The molecule has 2 rings (SSSR count). The third-order valence-electron chi connectivity index (χ3n) is 3.01.